The van der Waals surface area contributed by atoms with Gasteiger partial charge in [0, 0.05) is 5.41 Å². The summed E-state index contributed by atoms with van der Waals surface area (Å²) in [5.41, 5.74) is 10.6. The minimum absolute atomic E-state index is 0.0403. The minimum atomic E-state index is -0.0403. The molecule has 124 valence electrons. The predicted octanol–water partition coefficient (Wildman–Crippen LogP) is 6.16. The Hall–Kier alpha value is -1.13. The summed E-state index contributed by atoms with van der Waals surface area (Å²) in [5, 5.41) is 0.415. The van der Waals surface area contributed by atoms with Gasteiger partial charge in [-0.15, -0.1) is 0 Å². The van der Waals surface area contributed by atoms with Crippen molar-refractivity contribution in [3.63, 3.8) is 0 Å². The van der Waals surface area contributed by atoms with Crippen molar-refractivity contribution in [2.75, 3.05) is 0 Å². The highest BCUT2D eigenvalue weighted by Gasteiger charge is 2.48. The summed E-state index contributed by atoms with van der Waals surface area (Å²) in [6.07, 6.45) is 7.88. The maximum atomic E-state index is 2.46. The maximum absolute atomic E-state index is 2.46. The van der Waals surface area contributed by atoms with Crippen LogP contribution in [0.15, 0.2) is 36.4 Å². The Kier molecular flexibility index (Phi) is 3.12. The Morgan fingerprint density at radius 1 is 0.750 bits per heavy atom. The molecule has 0 atom stereocenters. The first-order chi connectivity index (χ1) is 11.5. The fraction of sp³-hybridized carbons (Fsp3) is 0.478. The third-order valence-electron chi connectivity index (χ3n) is 6.74. The molecule has 0 radical (unpaired) electrons. The fourth-order valence-electron chi connectivity index (χ4n) is 5.60. The molecule has 0 amide bonds. The molecule has 0 bridgehead atoms. The van der Waals surface area contributed by atoms with E-state index < -0.39 is 0 Å². The molecule has 1 heterocycles. The molecule has 2 aromatic carbocycles. The van der Waals surface area contributed by atoms with Crippen LogP contribution in [0.2, 0.25) is 0 Å². The van der Waals surface area contributed by atoms with Crippen LogP contribution in [-0.2, 0) is 30.6 Å². The highest BCUT2D eigenvalue weighted by Crippen LogP contribution is 2.62. The number of aryl methyl sites for hydroxylation is 2. The first kappa shape index (κ1) is 15.2. The zero-order valence-electron chi connectivity index (χ0n) is 15.2. The molecule has 0 fully saturated rings. The van der Waals surface area contributed by atoms with Gasteiger partial charge in [0.25, 0.3) is 0 Å². The standard InChI is InChI=1S/C23H27P/c1-22(2,3)24-14-18-8-4-6-16-10-12-23(20(16)18)13-11-17-7-5-9-19(15-24)21(17)23/h4-9H,10-15H2,1-3H3. The minimum Gasteiger partial charge on any atom is -0.0922 e. The van der Waals surface area contributed by atoms with E-state index in [9.17, 15) is 0 Å². The van der Waals surface area contributed by atoms with Gasteiger partial charge in [-0.25, -0.2) is 0 Å². The topological polar surface area (TPSA) is 0 Å². The van der Waals surface area contributed by atoms with E-state index in [-0.39, 0.29) is 7.92 Å². The number of hydrogen-bond acceptors (Lipinski definition) is 0. The van der Waals surface area contributed by atoms with Gasteiger partial charge in [0.1, 0.15) is 0 Å². The Balaban J connectivity index is 1.82. The van der Waals surface area contributed by atoms with E-state index in [0.29, 0.717) is 10.6 Å². The molecule has 0 N–H and O–H groups in total. The summed E-state index contributed by atoms with van der Waals surface area (Å²) in [4.78, 5) is 0. The van der Waals surface area contributed by atoms with Crippen LogP contribution in [0.5, 0.6) is 0 Å². The van der Waals surface area contributed by atoms with Crippen LogP contribution in [0.3, 0.4) is 0 Å². The molecule has 3 aliphatic rings. The fourth-order valence-corrected chi connectivity index (χ4v) is 8.01. The third kappa shape index (κ3) is 1.96. The summed E-state index contributed by atoms with van der Waals surface area (Å²) in [6, 6.07) is 14.4. The maximum Gasteiger partial charge on any atom is 0.0220 e. The van der Waals surface area contributed by atoms with Crippen LogP contribution in [0, 0.1) is 0 Å². The molecule has 2 aliphatic carbocycles. The Morgan fingerprint density at radius 3 is 1.67 bits per heavy atom. The Morgan fingerprint density at radius 2 is 1.21 bits per heavy atom. The summed E-state index contributed by atoms with van der Waals surface area (Å²) in [6.45, 7) is 7.37. The van der Waals surface area contributed by atoms with Crippen molar-refractivity contribution in [3.05, 3.63) is 69.8 Å². The van der Waals surface area contributed by atoms with Crippen LogP contribution in [0.25, 0.3) is 0 Å². The smallest absolute Gasteiger partial charge is 0.0220 e. The van der Waals surface area contributed by atoms with Crippen LogP contribution in [0.4, 0.5) is 0 Å². The van der Waals surface area contributed by atoms with Crippen LogP contribution in [0.1, 0.15) is 67.0 Å². The van der Waals surface area contributed by atoms with Gasteiger partial charge in [-0.05, 0) is 76.5 Å². The molecule has 1 heteroatoms. The van der Waals surface area contributed by atoms with Crippen LogP contribution in [-0.4, -0.2) is 5.16 Å². The Bertz CT molecular complexity index is 761. The molecule has 2 aromatic rings. The second kappa shape index (κ2) is 4.95. The lowest BCUT2D eigenvalue weighted by atomic mass is 9.73. The van der Waals surface area contributed by atoms with Crippen molar-refractivity contribution in [2.45, 2.75) is 69.3 Å². The molecule has 0 aromatic heterocycles. The zero-order chi connectivity index (χ0) is 16.5. The number of rotatable bonds is 0. The van der Waals surface area contributed by atoms with E-state index in [1.165, 1.54) is 38.0 Å². The van der Waals surface area contributed by atoms with Crippen molar-refractivity contribution < 1.29 is 0 Å². The van der Waals surface area contributed by atoms with E-state index in [1.54, 1.807) is 33.4 Å². The average molecular weight is 334 g/mol. The lowest BCUT2D eigenvalue weighted by molar-refractivity contribution is 0.501. The van der Waals surface area contributed by atoms with Gasteiger partial charge in [0.05, 0.1) is 0 Å². The molecular weight excluding hydrogens is 307 g/mol. The predicted molar refractivity (Wildman–Crippen MR) is 104 cm³/mol. The second-order valence-corrected chi connectivity index (χ2v) is 12.1. The zero-order valence-corrected chi connectivity index (χ0v) is 16.0. The molecule has 0 unspecified atom stereocenters. The highest BCUT2D eigenvalue weighted by atomic mass is 31.1. The SMILES string of the molecule is CC(C)(C)P1Cc2cccc3c2C2(CC3)CCc3cccc(c32)C1. The molecule has 1 aliphatic heterocycles. The van der Waals surface area contributed by atoms with Crippen LogP contribution < -0.4 is 0 Å². The average Bonchev–Trinajstić information content (AvgIpc) is 3.09. The van der Waals surface area contributed by atoms with Gasteiger partial charge in [0.2, 0.25) is 0 Å². The first-order valence-electron chi connectivity index (χ1n) is 9.47. The van der Waals surface area contributed by atoms with E-state index >= 15 is 0 Å². The van der Waals surface area contributed by atoms with Gasteiger partial charge >= 0.3 is 0 Å². The second-order valence-electron chi connectivity index (χ2n) is 9.01. The van der Waals surface area contributed by atoms with E-state index in [2.05, 4.69) is 57.2 Å². The molecular formula is C23H27P. The quantitative estimate of drug-likeness (QED) is 0.506. The molecule has 5 rings (SSSR count). The third-order valence-corrected chi connectivity index (χ3v) is 10.1. The molecule has 0 saturated carbocycles. The summed E-state index contributed by atoms with van der Waals surface area (Å²) in [7, 11) is -0.0403. The van der Waals surface area contributed by atoms with Crippen molar-refractivity contribution in [3.8, 4) is 0 Å². The van der Waals surface area contributed by atoms with E-state index in [1.807, 2.05) is 0 Å². The monoisotopic (exact) mass is 334 g/mol. The normalized spacial score (nSPS) is 21.1. The van der Waals surface area contributed by atoms with Crippen molar-refractivity contribution in [1.29, 1.82) is 0 Å². The first-order valence-corrected chi connectivity index (χ1v) is 11.2. The largest absolute Gasteiger partial charge is 0.0922 e. The van der Waals surface area contributed by atoms with Crippen molar-refractivity contribution in [1.82, 2.24) is 0 Å². The highest BCUT2D eigenvalue weighted by molar-refractivity contribution is 7.57. The number of hydrogen-bond donors (Lipinski definition) is 0. The number of benzene rings is 2. The van der Waals surface area contributed by atoms with E-state index in [0.717, 1.165) is 0 Å². The summed E-state index contributed by atoms with van der Waals surface area (Å²) >= 11 is 0. The van der Waals surface area contributed by atoms with Gasteiger partial charge in [-0.2, -0.15) is 0 Å². The van der Waals surface area contributed by atoms with Crippen LogP contribution >= 0.6 is 7.92 Å². The van der Waals surface area contributed by atoms with Gasteiger partial charge < -0.3 is 0 Å². The van der Waals surface area contributed by atoms with E-state index in [4.69, 9.17) is 0 Å². The molecule has 1 spiro atoms. The van der Waals surface area contributed by atoms with Gasteiger partial charge in [0.15, 0.2) is 0 Å². The summed E-state index contributed by atoms with van der Waals surface area (Å²) in [5.74, 6) is 0. The molecule has 0 saturated heterocycles. The van der Waals surface area contributed by atoms with Crippen molar-refractivity contribution >= 4 is 7.92 Å². The Labute approximate surface area is 147 Å². The van der Waals surface area contributed by atoms with Gasteiger partial charge in [-0.1, -0.05) is 65.1 Å². The lowest BCUT2D eigenvalue weighted by Gasteiger charge is -2.39. The molecule has 0 nitrogen and oxygen atoms in total. The molecule has 24 heavy (non-hydrogen) atoms. The lowest BCUT2D eigenvalue weighted by Crippen LogP contribution is -2.27. The van der Waals surface area contributed by atoms with Crippen molar-refractivity contribution in [2.24, 2.45) is 0 Å². The van der Waals surface area contributed by atoms with Gasteiger partial charge in [-0.3, -0.25) is 0 Å². The summed E-state index contributed by atoms with van der Waals surface area (Å²) < 4.78 is 0.